The number of benzene rings is 2. The number of nitrogens with one attached hydrogen (secondary N) is 4. The van der Waals surface area contributed by atoms with Crippen LogP contribution in [-0.2, 0) is 16.6 Å². The van der Waals surface area contributed by atoms with Crippen molar-refractivity contribution in [3.05, 3.63) is 82.7 Å². The number of imidazole rings is 1. The third-order valence-electron chi connectivity index (χ3n) is 4.40. The van der Waals surface area contributed by atoms with Crippen LogP contribution >= 0.6 is 0 Å². The molecular weight excluding hydrogens is 472 g/mol. The van der Waals surface area contributed by atoms with E-state index >= 15 is 0 Å². The van der Waals surface area contributed by atoms with Crippen LogP contribution in [0, 0.1) is 11.6 Å². The molecule has 0 fully saturated rings. The standard InChI is InChI=1S/C20H17F2N7O4S/c21-15-6-3-12(7-17(15)34(23,31)32)27-19-24-9-16(22)18(29-19)26-11-1-4-14(5-2-11)33-10-13-8-25-20(30)28-13/h1-9H,10H2,(H2,23,31,32)(H2,25,28,30)(H2,24,26,27,29). The number of anilines is 4. The third kappa shape index (κ3) is 5.54. The highest BCUT2D eigenvalue weighted by molar-refractivity contribution is 7.89. The molecule has 4 aromatic rings. The van der Waals surface area contributed by atoms with Gasteiger partial charge in [-0.05, 0) is 42.5 Å². The minimum atomic E-state index is -4.28. The van der Waals surface area contributed by atoms with Crippen LogP contribution in [0.25, 0.3) is 0 Å². The fourth-order valence-corrected chi connectivity index (χ4v) is 3.46. The summed E-state index contributed by atoms with van der Waals surface area (Å²) in [5.41, 5.74) is 0.869. The van der Waals surface area contributed by atoms with Crippen molar-refractivity contribution in [1.29, 1.82) is 0 Å². The molecule has 0 aliphatic rings. The normalized spacial score (nSPS) is 11.3. The molecule has 34 heavy (non-hydrogen) atoms. The maximum atomic E-state index is 14.2. The molecule has 0 aliphatic heterocycles. The van der Waals surface area contributed by atoms with Crippen molar-refractivity contribution < 1.29 is 21.9 Å². The van der Waals surface area contributed by atoms with Gasteiger partial charge in [-0.25, -0.2) is 32.1 Å². The second-order valence-corrected chi connectivity index (χ2v) is 8.44. The Bertz CT molecular complexity index is 1490. The molecule has 0 unspecified atom stereocenters. The van der Waals surface area contributed by atoms with Gasteiger partial charge in [-0.2, -0.15) is 4.98 Å². The molecule has 0 saturated heterocycles. The maximum absolute atomic E-state index is 14.2. The van der Waals surface area contributed by atoms with E-state index in [1.165, 1.54) is 12.3 Å². The number of hydrogen-bond acceptors (Lipinski definition) is 8. The number of rotatable bonds is 8. The van der Waals surface area contributed by atoms with E-state index in [4.69, 9.17) is 9.88 Å². The average Bonchev–Trinajstić information content (AvgIpc) is 3.21. The Hall–Kier alpha value is -4.30. The Balaban J connectivity index is 1.46. The van der Waals surface area contributed by atoms with Crippen LogP contribution in [0.4, 0.5) is 31.9 Å². The predicted octanol–water partition coefficient (Wildman–Crippen LogP) is 2.48. The zero-order valence-corrected chi connectivity index (χ0v) is 18.0. The number of halogens is 2. The second-order valence-electron chi connectivity index (χ2n) is 6.91. The number of hydrogen-bond donors (Lipinski definition) is 5. The number of aromatic amines is 2. The van der Waals surface area contributed by atoms with E-state index in [0.717, 1.165) is 18.3 Å². The fourth-order valence-electron chi connectivity index (χ4n) is 2.82. The number of nitrogens with zero attached hydrogens (tertiary/aromatic N) is 2. The quantitative estimate of drug-likeness (QED) is 0.252. The summed E-state index contributed by atoms with van der Waals surface area (Å²) < 4.78 is 56.5. The summed E-state index contributed by atoms with van der Waals surface area (Å²) in [4.78, 5) is 23.2. The van der Waals surface area contributed by atoms with Crippen LogP contribution in [-0.4, -0.2) is 28.4 Å². The van der Waals surface area contributed by atoms with Gasteiger partial charge in [-0.1, -0.05) is 0 Å². The van der Waals surface area contributed by atoms with Crippen molar-refractivity contribution in [1.82, 2.24) is 19.9 Å². The smallest absolute Gasteiger partial charge is 0.323 e. The number of nitrogens with two attached hydrogens (primary N) is 1. The number of ether oxygens (including phenoxy) is 1. The first-order valence-electron chi connectivity index (χ1n) is 9.56. The molecule has 2 aromatic heterocycles. The SMILES string of the molecule is NS(=O)(=O)c1cc(Nc2ncc(F)c(Nc3ccc(OCc4c[nH]c(=O)[nH]4)cc3)n2)ccc1F. The Labute approximate surface area is 191 Å². The van der Waals surface area contributed by atoms with Gasteiger partial charge in [0.05, 0.1) is 11.9 Å². The molecule has 0 atom stereocenters. The largest absolute Gasteiger partial charge is 0.487 e. The minimum Gasteiger partial charge on any atom is -0.487 e. The topological polar surface area (TPSA) is 168 Å². The van der Waals surface area contributed by atoms with Gasteiger partial charge in [-0.3, -0.25) is 0 Å². The Morgan fingerprint density at radius 3 is 2.44 bits per heavy atom. The maximum Gasteiger partial charge on any atom is 0.323 e. The van der Waals surface area contributed by atoms with Crippen LogP contribution < -0.4 is 26.2 Å². The zero-order valence-electron chi connectivity index (χ0n) is 17.2. The number of primary sulfonamides is 1. The molecular formula is C20H17F2N7O4S. The van der Waals surface area contributed by atoms with Crippen LogP contribution in [0.15, 0.2) is 64.5 Å². The van der Waals surface area contributed by atoms with Crippen LogP contribution in [0.1, 0.15) is 5.69 Å². The summed E-state index contributed by atoms with van der Waals surface area (Å²) in [5, 5.41) is 10.5. The lowest BCUT2D eigenvalue weighted by Gasteiger charge is -2.11. The monoisotopic (exact) mass is 489 g/mol. The van der Waals surface area contributed by atoms with Gasteiger partial charge >= 0.3 is 5.69 Å². The molecule has 2 heterocycles. The van der Waals surface area contributed by atoms with E-state index in [2.05, 4.69) is 30.6 Å². The van der Waals surface area contributed by atoms with E-state index in [9.17, 15) is 22.0 Å². The molecule has 0 aliphatic carbocycles. The first kappa shape index (κ1) is 22.9. The van der Waals surface area contributed by atoms with E-state index in [0.29, 0.717) is 17.1 Å². The number of H-pyrrole nitrogens is 2. The molecule has 0 amide bonds. The van der Waals surface area contributed by atoms with Crippen LogP contribution in [0.5, 0.6) is 5.75 Å². The van der Waals surface area contributed by atoms with Gasteiger partial charge in [0.2, 0.25) is 16.0 Å². The Kier molecular flexibility index (Phi) is 6.25. The zero-order chi connectivity index (χ0) is 24.3. The summed E-state index contributed by atoms with van der Waals surface area (Å²) in [6.07, 6.45) is 2.42. The molecule has 2 aromatic carbocycles. The third-order valence-corrected chi connectivity index (χ3v) is 5.33. The summed E-state index contributed by atoms with van der Waals surface area (Å²) in [5.74, 6) is -1.47. The average molecular weight is 489 g/mol. The van der Waals surface area contributed by atoms with Crippen LogP contribution in [0.3, 0.4) is 0 Å². The molecule has 0 spiro atoms. The van der Waals surface area contributed by atoms with Crippen molar-refractivity contribution in [3.8, 4) is 5.75 Å². The minimum absolute atomic E-state index is 0.0728. The van der Waals surface area contributed by atoms with E-state index in [1.54, 1.807) is 24.3 Å². The number of aromatic nitrogens is 4. The summed E-state index contributed by atoms with van der Waals surface area (Å²) in [6, 6.07) is 9.68. The molecule has 6 N–H and O–H groups in total. The lowest BCUT2D eigenvalue weighted by atomic mass is 10.3. The first-order valence-corrected chi connectivity index (χ1v) is 11.1. The fraction of sp³-hybridized carbons (Fsp3) is 0.0500. The summed E-state index contributed by atoms with van der Waals surface area (Å²) in [7, 11) is -4.28. The van der Waals surface area contributed by atoms with Crippen LogP contribution in [0.2, 0.25) is 0 Å². The van der Waals surface area contributed by atoms with Gasteiger partial charge in [0, 0.05) is 17.6 Å². The lowest BCUT2D eigenvalue weighted by Crippen LogP contribution is -2.14. The van der Waals surface area contributed by atoms with Gasteiger partial charge in [-0.15, -0.1) is 0 Å². The van der Waals surface area contributed by atoms with Gasteiger partial charge in [0.1, 0.15) is 23.1 Å². The predicted molar refractivity (Wildman–Crippen MR) is 119 cm³/mol. The molecule has 14 heteroatoms. The van der Waals surface area contributed by atoms with Gasteiger partial charge in [0.15, 0.2) is 11.6 Å². The molecule has 4 rings (SSSR count). The van der Waals surface area contributed by atoms with Crippen molar-refractivity contribution >= 4 is 33.2 Å². The highest BCUT2D eigenvalue weighted by atomic mass is 32.2. The first-order chi connectivity index (χ1) is 16.2. The van der Waals surface area contributed by atoms with Gasteiger partial charge < -0.3 is 25.3 Å². The van der Waals surface area contributed by atoms with Crippen molar-refractivity contribution in [2.75, 3.05) is 10.6 Å². The molecule has 11 nitrogen and oxygen atoms in total. The highest BCUT2D eigenvalue weighted by Crippen LogP contribution is 2.24. The number of sulfonamides is 1. The van der Waals surface area contributed by atoms with Crippen molar-refractivity contribution in [2.45, 2.75) is 11.5 Å². The van der Waals surface area contributed by atoms with E-state index in [1.807, 2.05) is 0 Å². The summed E-state index contributed by atoms with van der Waals surface area (Å²) >= 11 is 0. The molecule has 0 saturated carbocycles. The lowest BCUT2D eigenvalue weighted by molar-refractivity contribution is 0.302. The van der Waals surface area contributed by atoms with Crippen molar-refractivity contribution in [3.63, 3.8) is 0 Å². The second kappa shape index (κ2) is 9.29. The van der Waals surface area contributed by atoms with Gasteiger partial charge in [0.25, 0.3) is 0 Å². The molecule has 176 valence electrons. The molecule has 0 bridgehead atoms. The Morgan fingerprint density at radius 1 is 1.03 bits per heavy atom. The summed E-state index contributed by atoms with van der Waals surface area (Å²) in [6.45, 7) is 0.150. The Morgan fingerprint density at radius 2 is 1.76 bits per heavy atom. The molecule has 0 radical (unpaired) electrons. The van der Waals surface area contributed by atoms with Crippen molar-refractivity contribution in [2.24, 2.45) is 5.14 Å². The van der Waals surface area contributed by atoms with E-state index in [-0.39, 0.29) is 29.8 Å². The van der Waals surface area contributed by atoms with E-state index < -0.39 is 26.6 Å². The highest BCUT2D eigenvalue weighted by Gasteiger charge is 2.16.